The third-order valence-corrected chi connectivity index (χ3v) is 4.37. The van der Waals surface area contributed by atoms with E-state index in [4.69, 9.17) is 10.6 Å². The lowest BCUT2D eigenvalue weighted by molar-refractivity contribution is -0.0915. The van der Waals surface area contributed by atoms with Gasteiger partial charge < -0.3 is 4.74 Å². The van der Waals surface area contributed by atoms with Crippen molar-refractivity contribution >= 4 is 0 Å². The van der Waals surface area contributed by atoms with Crippen LogP contribution in [0.4, 0.5) is 4.39 Å². The van der Waals surface area contributed by atoms with Crippen LogP contribution in [0.15, 0.2) is 18.2 Å². The number of hydrazine groups is 1. The summed E-state index contributed by atoms with van der Waals surface area (Å²) in [5.74, 6) is 5.62. The van der Waals surface area contributed by atoms with E-state index < -0.39 is 0 Å². The summed E-state index contributed by atoms with van der Waals surface area (Å²) < 4.78 is 19.4. The van der Waals surface area contributed by atoms with Gasteiger partial charge in [0, 0.05) is 6.61 Å². The molecule has 1 aromatic rings. The van der Waals surface area contributed by atoms with Crippen molar-refractivity contribution in [3.8, 4) is 0 Å². The van der Waals surface area contributed by atoms with Gasteiger partial charge >= 0.3 is 0 Å². The van der Waals surface area contributed by atoms with Crippen molar-refractivity contribution in [1.82, 2.24) is 5.43 Å². The van der Waals surface area contributed by atoms with Crippen LogP contribution >= 0.6 is 0 Å². The third-order valence-electron chi connectivity index (χ3n) is 4.37. The minimum absolute atomic E-state index is 0.0941. The van der Waals surface area contributed by atoms with Gasteiger partial charge in [-0.1, -0.05) is 25.3 Å². The highest BCUT2D eigenvalue weighted by molar-refractivity contribution is 5.32. The lowest BCUT2D eigenvalue weighted by Crippen LogP contribution is -2.50. The van der Waals surface area contributed by atoms with Crippen molar-refractivity contribution < 1.29 is 9.13 Å². The van der Waals surface area contributed by atoms with Gasteiger partial charge in [-0.15, -0.1) is 0 Å². The normalized spacial score (nSPS) is 19.8. The molecular formula is C16H25FN2O. The fourth-order valence-electron chi connectivity index (χ4n) is 3.44. The van der Waals surface area contributed by atoms with E-state index in [2.05, 4.69) is 5.43 Å². The first kappa shape index (κ1) is 15.4. The molecule has 1 aromatic carbocycles. The summed E-state index contributed by atoms with van der Waals surface area (Å²) in [4.78, 5) is 0. The van der Waals surface area contributed by atoms with Crippen molar-refractivity contribution in [3.05, 3.63) is 35.1 Å². The van der Waals surface area contributed by atoms with Crippen LogP contribution in [0.2, 0.25) is 0 Å². The van der Waals surface area contributed by atoms with E-state index in [1.54, 1.807) is 6.07 Å². The van der Waals surface area contributed by atoms with Crippen LogP contribution in [0, 0.1) is 12.7 Å². The first-order valence-electron chi connectivity index (χ1n) is 7.49. The zero-order valence-corrected chi connectivity index (χ0v) is 12.4. The second-order valence-electron chi connectivity index (χ2n) is 5.66. The number of hydrogen-bond acceptors (Lipinski definition) is 3. The van der Waals surface area contributed by atoms with Gasteiger partial charge in [-0.25, -0.2) is 4.39 Å². The molecule has 20 heavy (non-hydrogen) atoms. The van der Waals surface area contributed by atoms with Gasteiger partial charge in [0.2, 0.25) is 0 Å². The molecule has 0 aliphatic heterocycles. The van der Waals surface area contributed by atoms with Crippen LogP contribution < -0.4 is 11.3 Å². The Bertz CT molecular complexity index is 439. The van der Waals surface area contributed by atoms with Crippen molar-refractivity contribution in [1.29, 1.82) is 0 Å². The molecule has 1 aliphatic rings. The summed E-state index contributed by atoms with van der Waals surface area (Å²) in [5, 5.41) is 0. The zero-order valence-electron chi connectivity index (χ0n) is 12.4. The van der Waals surface area contributed by atoms with Crippen LogP contribution in [-0.4, -0.2) is 12.2 Å². The van der Waals surface area contributed by atoms with E-state index >= 15 is 0 Å². The molecule has 112 valence electrons. The Balaban J connectivity index is 2.37. The Kier molecular flexibility index (Phi) is 5.13. The van der Waals surface area contributed by atoms with Crippen LogP contribution in [-0.2, 0) is 4.74 Å². The number of aryl methyl sites for hydroxylation is 1. The highest BCUT2D eigenvalue weighted by Crippen LogP contribution is 2.42. The highest BCUT2D eigenvalue weighted by Gasteiger charge is 2.41. The molecule has 0 bridgehead atoms. The quantitative estimate of drug-likeness (QED) is 0.642. The van der Waals surface area contributed by atoms with Gasteiger partial charge in [-0.2, -0.15) is 0 Å². The van der Waals surface area contributed by atoms with Gasteiger partial charge in [0.05, 0.1) is 11.6 Å². The van der Waals surface area contributed by atoms with E-state index in [9.17, 15) is 4.39 Å². The van der Waals surface area contributed by atoms with Gasteiger partial charge in [-0.05, 0) is 49.9 Å². The highest BCUT2D eigenvalue weighted by atomic mass is 19.1. The minimum atomic E-state index is -0.273. The maximum absolute atomic E-state index is 13.3. The number of nitrogens with two attached hydrogens (primary N) is 1. The van der Waals surface area contributed by atoms with Crippen LogP contribution in [0.5, 0.6) is 0 Å². The Morgan fingerprint density at radius 3 is 2.60 bits per heavy atom. The second-order valence-corrected chi connectivity index (χ2v) is 5.66. The molecule has 3 N–H and O–H groups in total. The van der Waals surface area contributed by atoms with E-state index in [0.29, 0.717) is 6.61 Å². The fraction of sp³-hybridized carbons (Fsp3) is 0.625. The van der Waals surface area contributed by atoms with Crippen molar-refractivity contribution in [2.45, 2.75) is 57.6 Å². The maximum atomic E-state index is 13.3. The molecule has 1 unspecified atom stereocenters. The lowest BCUT2D eigenvalue weighted by atomic mass is 9.76. The Labute approximate surface area is 120 Å². The standard InChI is InChI=1S/C16H25FN2O/c1-3-20-16(9-5-4-6-10-16)15(19-18)14-8-7-13(17)11-12(14)2/h7-8,11,15,19H,3-6,9-10,18H2,1-2H3. The smallest absolute Gasteiger partial charge is 0.123 e. The molecule has 0 saturated heterocycles. The SMILES string of the molecule is CCOC1(C(NN)c2ccc(F)cc2C)CCCCC1. The molecule has 0 amide bonds. The summed E-state index contributed by atoms with van der Waals surface area (Å²) in [6.07, 6.45) is 5.53. The van der Waals surface area contributed by atoms with Crippen LogP contribution in [0.1, 0.15) is 56.2 Å². The summed E-state index contributed by atoms with van der Waals surface area (Å²) in [7, 11) is 0. The molecule has 4 heteroatoms. The molecule has 1 atom stereocenters. The predicted octanol–water partition coefficient (Wildman–Crippen LogP) is 3.38. The largest absolute Gasteiger partial charge is 0.373 e. The Morgan fingerprint density at radius 1 is 1.35 bits per heavy atom. The van der Waals surface area contributed by atoms with E-state index in [1.807, 2.05) is 19.9 Å². The molecule has 1 saturated carbocycles. The van der Waals surface area contributed by atoms with Crippen molar-refractivity contribution in [2.75, 3.05) is 6.61 Å². The number of nitrogens with one attached hydrogen (secondary N) is 1. The number of hydrogen-bond donors (Lipinski definition) is 2. The number of benzene rings is 1. The van der Waals surface area contributed by atoms with Crippen LogP contribution in [0.25, 0.3) is 0 Å². The topological polar surface area (TPSA) is 47.3 Å². The lowest BCUT2D eigenvalue weighted by Gasteiger charge is -2.43. The number of ether oxygens (including phenoxy) is 1. The fourth-order valence-corrected chi connectivity index (χ4v) is 3.44. The Morgan fingerprint density at radius 2 is 2.05 bits per heavy atom. The molecular weight excluding hydrogens is 255 g/mol. The molecule has 2 rings (SSSR count). The summed E-state index contributed by atoms with van der Waals surface area (Å²) >= 11 is 0. The van der Waals surface area contributed by atoms with E-state index in [0.717, 1.165) is 36.8 Å². The van der Waals surface area contributed by atoms with Gasteiger partial charge in [0.15, 0.2) is 0 Å². The van der Waals surface area contributed by atoms with Crippen molar-refractivity contribution in [3.63, 3.8) is 0 Å². The van der Waals surface area contributed by atoms with Crippen molar-refractivity contribution in [2.24, 2.45) is 5.84 Å². The predicted molar refractivity (Wildman–Crippen MR) is 78.6 cm³/mol. The summed E-state index contributed by atoms with van der Waals surface area (Å²) in [6, 6.07) is 4.78. The maximum Gasteiger partial charge on any atom is 0.123 e. The molecule has 0 spiro atoms. The van der Waals surface area contributed by atoms with E-state index in [-0.39, 0.29) is 17.5 Å². The van der Waals surface area contributed by atoms with Gasteiger partial charge in [0.1, 0.15) is 5.82 Å². The molecule has 1 fully saturated rings. The molecule has 0 radical (unpaired) electrons. The van der Waals surface area contributed by atoms with E-state index in [1.165, 1.54) is 12.5 Å². The average Bonchev–Trinajstić information content (AvgIpc) is 2.43. The second kappa shape index (κ2) is 6.66. The van der Waals surface area contributed by atoms with Gasteiger partial charge in [0.25, 0.3) is 0 Å². The van der Waals surface area contributed by atoms with Crippen LogP contribution in [0.3, 0.4) is 0 Å². The first-order chi connectivity index (χ1) is 9.63. The molecule has 3 nitrogen and oxygen atoms in total. The first-order valence-corrected chi connectivity index (χ1v) is 7.49. The monoisotopic (exact) mass is 280 g/mol. The average molecular weight is 280 g/mol. The number of rotatable bonds is 5. The van der Waals surface area contributed by atoms with Gasteiger partial charge in [-0.3, -0.25) is 11.3 Å². The Hall–Kier alpha value is -0.970. The molecule has 0 heterocycles. The third kappa shape index (κ3) is 3.03. The summed E-state index contributed by atoms with van der Waals surface area (Å²) in [5.41, 5.74) is 4.60. The molecule has 1 aliphatic carbocycles. The minimum Gasteiger partial charge on any atom is -0.373 e. The number of halogens is 1. The summed E-state index contributed by atoms with van der Waals surface area (Å²) in [6.45, 7) is 4.60. The molecule has 0 aromatic heterocycles. The zero-order chi connectivity index (χ0) is 14.6.